The highest BCUT2D eigenvalue weighted by molar-refractivity contribution is 8.01. The average Bonchev–Trinajstić information content (AvgIpc) is 2.90. The summed E-state index contributed by atoms with van der Waals surface area (Å²) in [6.45, 7) is 0.649. The van der Waals surface area contributed by atoms with Gasteiger partial charge in [-0.25, -0.2) is 0 Å². The zero-order valence-corrected chi connectivity index (χ0v) is 12.7. The van der Waals surface area contributed by atoms with Crippen LogP contribution in [0.5, 0.6) is 0 Å². The van der Waals surface area contributed by atoms with Gasteiger partial charge in [-0.3, -0.25) is 0 Å². The molecule has 2 aromatic rings. The first kappa shape index (κ1) is 14.3. The largest absolute Gasteiger partial charge is 0.353 e. The predicted octanol–water partition coefficient (Wildman–Crippen LogP) is 2.44. The van der Waals surface area contributed by atoms with Crippen LogP contribution in [0.2, 0.25) is 0 Å². The molecule has 1 atom stereocenters. The highest BCUT2D eigenvalue weighted by atomic mass is 32.2. The molecule has 1 heterocycles. The monoisotopic (exact) mass is 294 g/mol. The number of benzene rings is 1. The maximum Gasteiger partial charge on any atom is 0.208 e. The van der Waals surface area contributed by atoms with E-state index in [1.54, 1.807) is 23.1 Å². The second-order valence-corrected chi connectivity index (χ2v) is 6.62. The summed E-state index contributed by atoms with van der Waals surface area (Å²) in [5, 5.41) is 9.26. The van der Waals surface area contributed by atoms with Crippen LogP contribution in [0.4, 0.5) is 5.13 Å². The molecule has 0 radical (unpaired) electrons. The lowest BCUT2D eigenvalue weighted by atomic mass is 10.0. The van der Waals surface area contributed by atoms with Crippen molar-refractivity contribution in [2.45, 2.75) is 10.3 Å². The van der Waals surface area contributed by atoms with Crippen molar-refractivity contribution in [1.29, 1.82) is 0 Å². The number of anilines is 1. The van der Waals surface area contributed by atoms with Crippen LogP contribution < -0.4 is 10.6 Å². The van der Waals surface area contributed by atoms with Crippen molar-refractivity contribution >= 4 is 28.2 Å². The number of thioether (sulfide) groups is 1. The van der Waals surface area contributed by atoms with Crippen molar-refractivity contribution in [2.75, 3.05) is 31.3 Å². The number of hydrogen-bond donors (Lipinski definition) is 1. The van der Waals surface area contributed by atoms with Gasteiger partial charge in [0.2, 0.25) is 5.13 Å². The second-order valence-electron chi connectivity index (χ2n) is 4.40. The van der Waals surface area contributed by atoms with Crippen LogP contribution in [-0.4, -0.2) is 36.6 Å². The van der Waals surface area contributed by atoms with Gasteiger partial charge in [0.15, 0.2) is 4.34 Å². The second kappa shape index (κ2) is 6.88. The summed E-state index contributed by atoms with van der Waals surface area (Å²) in [4.78, 5) is 1.97. The highest BCUT2D eigenvalue weighted by Gasteiger charge is 2.12. The summed E-state index contributed by atoms with van der Waals surface area (Å²) in [5.41, 5.74) is 7.16. The predicted molar refractivity (Wildman–Crippen MR) is 83.2 cm³/mol. The molecule has 0 aliphatic carbocycles. The minimum absolute atomic E-state index is 0.359. The third kappa shape index (κ3) is 3.92. The van der Waals surface area contributed by atoms with Gasteiger partial charge in [0.1, 0.15) is 0 Å². The van der Waals surface area contributed by atoms with Gasteiger partial charge in [0, 0.05) is 25.8 Å². The molecule has 1 aromatic heterocycles. The van der Waals surface area contributed by atoms with Gasteiger partial charge in [-0.2, -0.15) is 0 Å². The van der Waals surface area contributed by atoms with E-state index in [2.05, 4.69) is 34.5 Å². The molecule has 0 amide bonds. The van der Waals surface area contributed by atoms with Gasteiger partial charge in [0.25, 0.3) is 0 Å². The first-order valence-electron chi connectivity index (χ1n) is 6.09. The molecule has 1 aromatic carbocycles. The lowest BCUT2D eigenvalue weighted by molar-refractivity contribution is 0.784. The van der Waals surface area contributed by atoms with E-state index in [0.29, 0.717) is 12.5 Å². The maximum absolute atomic E-state index is 5.87. The maximum atomic E-state index is 5.87. The summed E-state index contributed by atoms with van der Waals surface area (Å²) < 4.78 is 0.998. The van der Waals surface area contributed by atoms with E-state index < -0.39 is 0 Å². The minimum atomic E-state index is 0.359. The summed E-state index contributed by atoms with van der Waals surface area (Å²) in [7, 11) is 3.95. The Balaban J connectivity index is 1.96. The third-order valence-corrected chi connectivity index (χ3v) is 5.13. The van der Waals surface area contributed by atoms with Gasteiger partial charge in [0.05, 0.1) is 0 Å². The molecular formula is C13H18N4S2. The normalized spacial score (nSPS) is 12.4. The Morgan fingerprint density at radius 1 is 1.26 bits per heavy atom. The number of hydrogen-bond acceptors (Lipinski definition) is 6. The molecule has 1 unspecified atom stereocenters. The van der Waals surface area contributed by atoms with Crippen LogP contribution in [0, 0.1) is 0 Å². The lowest BCUT2D eigenvalue weighted by Crippen LogP contribution is -2.14. The summed E-state index contributed by atoms with van der Waals surface area (Å²) in [5.74, 6) is 1.29. The number of rotatable bonds is 6. The Morgan fingerprint density at radius 3 is 2.58 bits per heavy atom. The summed E-state index contributed by atoms with van der Waals surface area (Å²) >= 11 is 3.34. The Morgan fingerprint density at radius 2 is 2.00 bits per heavy atom. The number of nitrogens with zero attached hydrogens (tertiary/aromatic N) is 3. The van der Waals surface area contributed by atoms with Crippen LogP contribution >= 0.6 is 23.1 Å². The van der Waals surface area contributed by atoms with E-state index in [0.717, 1.165) is 15.2 Å². The average molecular weight is 294 g/mol. The Hall–Kier alpha value is -1.11. The molecule has 2 N–H and O–H groups in total. The van der Waals surface area contributed by atoms with E-state index in [-0.39, 0.29) is 0 Å². The SMILES string of the molecule is CN(C)c1nnc(SCC(CN)c2ccccc2)s1. The van der Waals surface area contributed by atoms with E-state index >= 15 is 0 Å². The molecular weight excluding hydrogens is 276 g/mol. The van der Waals surface area contributed by atoms with Crippen molar-refractivity contribution in [3.05, 3.63) is 35.9 Å². The highest BCUT2D eigenvalue weighted by Crippen LogP contribution is 2.30. The zero-order valence-electron chi connectivity index (χ0n) is 11.1. The fourth-order valence-corrected chi connectivity index (χ4v) is 3.58. The van der Waals surface area contributed by atoms with Gasteiger partial charge in [-0.1, -0.05) is 53.4 Å². The molecule has 0 aliphatic rings. The summed E-state index contributed by atoms with van der Waals surface area (Å²) in [6, 6.07) is 10.4. The number of nitrogens with two attached hydrogens (primary N) is 1. The molecule has 0 saturated carbocycles. The van der Waals surface area contributed by atoms with Crippen molar-refractivity contribution in [1.82, 2.24) is 10.2 Å². The minimum Gasteiger partial charge on any atom is -0.353 e. The fraction of sp³-hybridized carbons (Fsp3) is 0.385. The zero-order chi connectivity index (χ0) is 13.7. The smallest absolute Gasteiger partial charge is 0.208 e. The molecule has 0 saturated heterocycles. The molecule has 6 heteroatoms. The van der Waals surface area contributed by atoms with E-state index in [9.17, 15) is 0 Å². The van der Waals surface area contributed by atoms with Crippen molar-refractivity contribution in [3.8, 4) is 0 Å². The third-order valence-electron chi connectivity index (χ3n) is 2.74. The fourth-order valence-electron chi connectivity index (χ4n) is 1.64. The van der Waals surface area contributed by atoms with Crippen LogP contribution in [0.1, 0.15) is 11.5 Å². The van der Waals surface area contributed by atoms with E-state index in [1.165, 1.54) is 5.56 Å². The van der Waals surface area contributed by atoms with E-state index in [1.807, 2.05) is 25.1 Å². The molecule has 102 valence electrons. The Kier molecular flexibility index (Phi) is 5.18. The van der Waals surface area contributed by atoms with Crippen molar-refractivity contribution in [2.24, 2.45) is 5.73 Å². The molecule has 0 bridgehead atoms. The van der Waals surface area contributed by atoms with Gasteiger partial charge < -0.3 is 10.6 Å². The van der Waals surface area contributed by atoms with Gasteiger partial charge in [-0.05, 0) is 12.1 Å². The first-order valence-corrected chi connectivity index (χ1v) is 7.89. The van der Waals surface area contributed by atoms with Crippen LogP contribution in [0.15, 0.2) is 34.7 Å². The molecule has 4 nitrogen and oxygen atoms in total. The molecule has 19 heavy (non-hydrogen) atoms. The molecule has 0 aliphatic heterocycles. The van der Waals surface area contributed by atoms with Gasteiger partial charge >= 0.3 is 0 Å². The Labute approximate surface area is 122 Å². The van der Waals surface area contributed by atoms with E-state index in [4.69, 9.17) is 5.73 Å². The molecule has 2 rings (SSSR count). The van der Waals surface area contributed by atoms with Crippen LogP contribution in [-0.2, 0) is 0 Å². The van der Waals surface area contributed by atoms with Gasteiger partial charge in [-0.15, -0.1) is 10.2 Å². The topological polar surface area (TPSA) is 55.0 Å². The van der Waals surface area contributed by atoms with Crippen LogP contribution in [0.3, 0.4) is 0 Å². The van der Waals surface area contributed by atoms with Crippen molar-refractivity contribution < 1.29 is 0 Å². The number of aromatic nitrogens is 2. The molecule has 0 fully saturated rings. The van der Waals surface area contributed by atoms with Crippen molar-refractivity contribution in [3.63, 3.8) is 0 Å². The quantitative estimate of drug-likeness (QED) is 0.829. The lowest BCUT2D eigenvalue weighted by Gasteiger charge is -2.13. The standard InChI is InChI=1S/C13H18N4S2/c1-17(2)12-15-16-13(19-12)18-9-11(8-14)10-6-4-3-5-7-10/h3-7,11H,8-9,14H2,1-2H3. The first-order chi connectivity index (χ1) is 9.20. The molecule has 0 spiro atoms. The Bertz CT molecular complexity index is 498. The van der Waals surface area contributed by atoms with Crippen LogP contribution in [0.25, 0.3) is 0 Å². The summed E-state index contributed by atoms with van der Waals surface area (Å²) in [6.07, 6.45) is 0.